The van der Waals surface area contributed by atoms with E-state index in [1.165, 1.54) is 0 Å². The van der Waals surface area contributed by atoms with E-state index in [4.69, 9.17) is 4.74 Å². The van der Waals surface area contributed by atoms with Gasteiger partial charge in [-0.15, -0.1) is 0 Å². The number of ether oxygens (including phenoxy) is 1. The van der Waals surface area contributed by atoms with E-state index < -0.39 is 9.84 Å². The van der Waals surface area contributed by atoms with Gasteiger partial charge in [-0.1, -0.05) is 32.4 Å². The monoisotopic (exact) mass is 313 g/mol. The first kappa shape index (κ1) is 18.0. The fraction of sp³-hybridized carbons (Fsp3) is 0.625. The molecule has 4 nitrogen and oxygen atoms in total. The van der Waals surface area contributed by atoms with E-state index in [2.05, 4.69) is 5.32 Å². The molecule has 0 heterocycles. The molecule has 2 unspecified atom stereocenters. The van der Waals surface area contributed by atoms with Crippen LogP contribution in [-0.2, 0) is 9.84 Å². The van der Waals surface area contributed by atoms with Gasteiger partial charge in [0, 0.05) is 6.04 Å². The third-order valence-electron chi connectivity index (χ3n) is 3.60. The van der Waals surface area contributed by atoms with E-state index >= 15 is 0 Å². The molecule has 1 aromatic rings. The second kappa shape index (κ2) is 8.39. The van der Waals surface area contributed by atoms with E-state index in [0.29, 0.717) is 6.61 Å². The summed E-state index contributed by atoms with van der Waals surface area (Å²) in [6.45, 7) is 6.55. The molecule has 5 heteroatoms. The minimum Gasteiger partial charge on any atom is -0.494 e. The standard InChI is InChI=1S/C16H27NO3S/c1-5-13(3)11-21(18,19)12-16(17-4)14-7-9-15(10-8-14)20-6-2/h7-10,13,16-17H,5-6,11-12H2,1-4H3. The van der Waals surface area contributed by atoms with E-state index in [1.807, 2.05) is 45.0 Å². The number of hydrogen-bond acceptors (Lipinski definition) is 4. The van der Waals surface area contributed by atoms with Gasteiger partial charge in [0.05, 0.1) is 18.1 Å². The molecule has 0 aliphatic rings. The normalized spacial score (nSPS) is 14.7. The van der Waals surface area contributed by atoms with E-state index in [0.717, 1.165) is 17.7 Å². The number of hydrogen-bond donors (Lipinski definition) is 1. The quantitative estimate of drug-likeness (QED) is 0.761. The first-order chi connectivity index (χ1) is 9.91. The highest BCUT2D eigenvalue weighted by molar-refractivity contribution is 7.91. The average Bonchev–Trinajstić information content (AvgIpc) is 2.45. The lowest BCUT2D eigenvalue weighted by Gasteiger charge is -2.18. The Balaban J connectivity index is 2.78. The molecule has 21 heavy (non-hydrogen) atoms. The number of sulfone groups is 1. The van der Waals surface area contributed by atoms with Gasteiger partial charge in [-0.25, -0.2) is 8.42 Å². The molecule has 2 atom stereocenters. The summed E-state index contributed by atoms with van der Waals surface area (Å²) in [4.78, 5) is 0. The lowest BCUT2D eigenvalue weighted by Crippen LogP contribution is -2.28. The summed E-state index contributed by atoms with van der Waals surface area (Å²) in [5.74, 6) is 1.38. The maximum atomic E-state index is 12.2. The van der Waals surface area contributed by atoms with Crippen LogP contribution in [0.5, 0.6) is 5.75 Å². The van der Waals surface area contributed by atoms with Crippen LogP contribution in [0, 0.1) is 5.92 Å². The van der Waals surface area contributed by atoms with Gasteiger partial charge in [-0.3, -0.25) is 0 Å². The molecule has 0 fully saturated rings. The Bertz CT molecular complexity index is 511. The van der Waals surface area contributed by atoms with Crippen LogP contribution in [0.2, 0.25) is 0 Å². The van der Waals surface area contributed by atoms with Crippen LogP contribution in [0.4, 0.5) is 0 Å². The van der Waals surface area contributed by atoms with Crippen molar-refractivity contribution in [3.05, 3.63) is 29.8 Å². The Hall–Kier alpha value is -1.07. The molecule has 1 N–H and O–H groups in total. The Kier molecular flexibility index (Phi) is 7.18. The second-order valence-corrected chi connectivity index (χ2v) is 7.59. The lowest BCUT2D eigenvalue weighted by molar-refractivity contribution is 0.340. The predicted molar refractivity (Wildman–Crippen MR) is 87.5 cm³/mol. The number of rotatable bonds is 9. The summed E-state index contributed by atoms with van der Waals surface area (Å²) in [6, 6.07) is 7.42. The lowest BCUT2D eigenvalue weighted by atomic mass is 10.1. The molecular formula is C16H27NO3S. The van der Waals surface area contributed by atoms with Crippen LogP contribution in [0.15, 0.2) is 24.3 Å². The molecule has 0 saturated carbocycles. The molecule has 0 aromatic heterocycles. The predicted octanol–water partition coefficient (Wildman–Crippen LogP) is 2.81. The van der Waals surface area contributed by atoms with Gasteiger partial charge in [-0.2, -0.15) is 0 Å². The van der Waals surface area contributed by atoms with Gasteiger partial charge >= 0.3 is 0 Å². The molecule has 0 bridgehead atoms. The molecule has 0 amide bonds. The zero-order valence-corrected chi connectivity index (χ0v) is 14.2. The van der Waals surface area contributed by atoms with Crippen LogP contribution in [-0.4, -0.2) is 33.6 Å². The fourth-order valence-electron chi connectivity index (χ4n) is 2.18. The Morgan fingerprint density at radius 2 is 1.76 bits per heavy atom. The van der Waals surface area contributed by atoms with Crippen molar-refractivity contribution in [1.82, 2.24) is 5.32 Å². The Labute approximate surface area is 128 Å². The maximum absolute atomic E-state index is 12.2. The second-order valence-electron chi connectivity index (χ2n) is 5.43. The van der Waals surface area contributed by atoms with Gasteiger partial charge < -0.3 is 10.1 Å². The molecule has 0 aliphatic heterocycles. The number of nitrogens with one attached hydrogen (secondary N) is 1. The molecule has 0 spiro atoms. The highest BCUT2D eigenvalue weighted by Gasteiger charge is 2.21. The zero-order chi connectivity index (χ0) is 15.9. The van der Waals surface area contributed by atoms with Crippen molar-refractivity contribution < 1.29 is 13.2 Å². The maximum Gasteiger partial charge on any atom is 0.152 e. The van der Waals surface area contributed by atoms with Crippen LogP contribution in [0.1, 0.15) is 38.8 Å². The van der Waals surface area contributed by atoms with Crippen molar-refractivity contribution in [3.8, 4) is 5.75 Å². The first-order valence-corrected chi connectivity index (χ1v) is 9.34. The van der Waals surface area contributed by atoms with Crippen molar-refractivity contribution in [3.63, 3.8) is 0 Å². The Morgan fingerprint density at radius 3 is 2.24 bits per heavy atom. The van der Waals surface area contributed by atoms with Crippen molar-refractivity contribution in [2.45, 2.75) is 33.2 Å². The molecule has 0 radical (unpaired) electrons. The van der Waals surface area contributed by atoms with E-state index in [9.17, 15) is 8.42 Å². The highest BCUT2D eigenvalue weighted by atomic mass is 32.2. The third-order valence-corrected chi connectivity index (χ3v) is 5.52. The SMILES string of the molecule is CCOc1ccc(C(CS(=O)(=O)CC(C)CC)NC)cc1. The number of benzene rings is 1. The van der Waals surface area contributed by atoms with Crippen molar-refractivity contribution in [2.24, 2.45) is 5.92 Å². The molecular weight excluding hydrogens is 286 g/mol. The summed E-state index contributed by atoms with van der Waals surface area (Å²) in [5.41, 5.74) is 0.966. The zero-order valence-electron chi connectivity index (χ0n) is 13.4. The first-order valence-electron chi connectivity index (χ1n) is 7.52. The molecule has 0 aliphatic carbocycles. The van der Waals surface area contributed by atoms with Crippen molar-refractivity contribution in [1.29, 1.82) is 0 Å². The van der Waals surface area contributed by atoms with Gasteiger partial charge in [-0.05, 0) is 37.6 Å². The molecule has 1 aromatic carbocycles. The van der Waals surface area contributed by atoms with Gasteiger partial charge in [0.2, 0.25) is 0 Å². The highest BCUT2D eigenvalue weighted by Crippen LogP contribution is 2.20. The van der Waals surface area contributed by atoms with Crippen LogP contribution in [0.25, 0.3) is 0 Å². The summed E-state index contributed by atoms with van der Waals surface area (Å²) < 4.78 is 29.9. The molecule has 120 valence electrons. The van der Waals surface area contributed by atoms with Gasteiger partial charge in [0.1, 0.15) is 5.75 Å². The van der Waals surface area contributed by atoms with E-state index in [-0.39, 0.29) is 23.5 Å². The fourth-order valence-corrected chi connectivity index (χ4v) is 4.29. The van der Waals surface area contributed by atoms with E-state index in [1.54, 1.807) is 7.05 Å². The third kappa shape index (κ3) is 6.06. The van der Waals surface area contributed by atoms with Gasteiger partial charge in [0.15, 0.2) is 9.84 Å². The smallest absolute Gasteiger partial charge is 0.152 e. The summed E-state index contributed by atoms with van der Waals surface area (Å²) in [5, 5.41) is 3.10. The molecule has 1 rings (SSSR count). The van der Waals surface area contributed by atoms with Crippen LogP contribution in [0.3, 0.4) is 0 Å². The van der Waals surface area contributed by atoms with Crippen LogP contribution < -0.4 is 10.1 Å². The van der Waals surface area contributed by atoms with Crippen molar-refractivity contribution >= 4 is 9.84 Å². The van der Waals surface area contributed by atoms with Crippen LogP contribution >= 0.6 is 0 Å². The summed E-state index contributed by atoms with van der Waals surface area (Å²) >= 11 is 0. The molecule has 0 saturated heterocycles. The average molecular weight is 313 g/mol. The Morgan fingerprint density at radius 1 is 1.14 bits per heavy atom. The van der Waals surface area contributed by atoms with Gasteiger partial charge in [0.25, 0.3) is 0 Å². The topological polar surface area (TPSA) is 55.4 Å². The largest absolute Gasteiger partial charge is 0.494 e. The minimum atomic E-state index is -3.07. The summed E-state index contributed by atoms with van der Waals surface area (Å²) in [6.07, 6.45) is 0.881. The van der Waals surface area contributed by atoms with Crippen molar-refractivity contribution in [2.75, 3.05) is 25.2 Å². The summed E-state index contributed by atoms with van der Waals surface area (Å²) in [7, 11) is -1.27. The minimum absolute atomic E-state index is 0.127.